The molecule has 1 aromatic rings. The Morgan fingerprint density at radius 2 is 1.91 bits per heavy atom. The molecule has 0 aromatic heterocycles. The zero-order chi connectivity index (χ0) is 16.4. The summed E-state index contributed by atoms with van der Waals surface area (Å²) < 4.78 is 30.3. The fraction of sp³-hybridized carbons (Fsp3) is 0.500. The first kappa shape index (κ1) is 21.6. The molecule has 0 bridgehead atoms. The summed E-state index contributed by atoms with van der Waals surface area (Å²) in [6.07, 6.45) is 0.656. The number of benzene rings is 1. The van der Waals surface area contributed by atoms with Crippen LogP contribution in [0.25, 0.3) is 0 Å². The minimum Gasteiger partial charge on any atom is -0.399 e. The van der Waals surface area contributed by atoms with E-state index >= 15 is 0 Å². The van der Waals surface area contributed by atoms with Crippen molar-refractivity contribution < 1.29 is 17.9 Å². The third-order valence-electron chi connectivity index (χ3n) is 2.87. The lowest BCUT2D eigenvalue weighted by Gasteiger charge is -2.08. The first-order valence-electron chi connectivity index (χ1n) is 7.09. The lowest BCUT2D eigenvalue weighted by Crippen LogP contribution is -2.39. The Kier molecular flexibility index (Phi) is 10.6. The maximum absolute atomic E-state index is 11.6. The van der Waals surface area contributed by atoms with Crippen molar-refractivity contribution in [2.75, 3.05) is 37.8 Å². The van der Waals surface area contributed by atoms with E-state index in [0.717, 1.165) is 5.56 Å². The number of nitrogen functional groups attached to an aromatic ring is 1. The zero-order valence-electron chi connectivity index (χ0n) is 13.1. The molecule has 0 saturated carbocycles. The average molecular weight is 366 g/mol. The van der Waals surface area contributed by atoms with Crippen LogP contribution in [0.15, 0.2) is 24.3 Å². The van der Waals surface area contributed by atoms with Gasteiger partial charge in [0.05, 0.1) is 18.9 Å². The quantitative estimate of drug-likeness (QED) is 0.408. The fourth-order valence-corrected chi connectivity index (χ4v) is 2.49. The van der Waals surface area contributed by atoms with E-state index in [4.69, 9.17) is 10.5 Å². The predicted octanol–water partition coefficient (Wildman–Crippen LogP) is 0.305. The summed E-state index contributed by atoms with van der Waals surface area (Å²) in [5.41, 5.74) is 7.32. The largest absolute Gasteiger partial charge is 0.399 e. The van der Waals surface area contributed by atoms with Gasteiger partial charge in [-0.2, -0.15) is 0 Å². The number of nitrogens with one attached hydrogen (secondary N) is 2. The Morgan fingerprint density at radius 3 is 2.52 bits per heavy atom. The van der Waals surface area contributed by atoms with Crippen molar-refractivity contribution in [3.8, 4) is 0 Å². The Bertz CT molecular complexity index is 564. The molecule has 9 heteroatoms. The SMILES string of the molecule is CCOCCS(=O)(=O)NCC(=O)NCCc1ccc(N)cc1.Cl. The number of carbonyl (C=O) groups excluding carboxylic acids is 1. The Labute approximate surface area is 143 Å². The molecule has 0 aliphatic rings. The molecule has 132 valence electrons. The molecule has 0 spiro atoms. The third kappa shape index (κ3) is 10.1. The Balaban J connectivity index is 0.00000484. The molecule has 0 aliphatic carbocycles. The molecular formula is C14H24ClN3O4S. The summed E-state index contributed by atoms with van der Waals surface area (Å²) in [5.74, 6) is -0.519. The van der Waals surface area contributed by atoms with Gasteiger partial charge in [-0.15, -0.1) is 12.4 Å². The molecule has 0 saturated heterocycles. The Morgan fingerprint density at radius 1 is 1.26 bits per heavy atom. The molecular weight excluding hydrogens is 342 g/mol. The molecule has 4 N–H and O–H groups in total. The summed E-state index contributed by atoms with van der Waals surface area (Å²) in [7, 11) is -3.48. The second-order valence-electron chi connectivity index (χ2n) is 4.68. The fourth-order valence-electron chi connectivity index (χ4n) is 1.65. The van der Waals surface area contributed by atoms with Crippen molar-refractivity contribution in [1.82, 2.24) is 10.0 Å². The smallest absolute Gasteiger partial charge is 0.235 e. The van der Waals surface area contributed by atoms with E-state index in [-0.39, 0.29) is 37.2 Å². The van der Waals surface area contributed by atoms with E-state index in [1.165, 1.54) is 0 Å². The highest BCUT2D eigenvalue weighted by atomic mass is 35.5. The topological polar surface area (TPSA) is 111 Å². The molecule has 0 atom stereocenters. The van der Waals surface area contributed by atoms with E-state index in [0.29, 0.717) is 25.3 Å². The summed E-state index contributed by atoms with van der Waals surface area (Å²) in [4.78, 5) is 11.6. The van der Waals surface area contributed by atoms with Crippen LogP contribution in [0.4, 0.5) is 5.69 Å². The van der Waals surface area contributed by atoms with Crippen molar-refractivity contribution in [2.45, 2.75) is 13.3 Å². The minimum absolute atomic E-state index is 0. The van der Waals surface area contributed by atoms with Crippen LogP contribution >= 0.6 is 12.4 Å². The molecule has 0 unspecified atom stereocenters. The van der Waals surface area contributed by atoms with Gasteiger partial charge < -0.3 is 15.8 Å². The molecule has 0 radical (unpaired) electrons. The number of nitrogens with two attached hydrogens (primary N) is 1. The van der Waals surface area contributed by atoms with Crippen LogP contribution < -0.4 is 15.8 Å². The zero-order valence-corrected chi connectivity index (χ0v) is 14.7. The second kappa shape index (κ2) is 11.2. The number of halogens is 1. The van der Waals surface area contributed by atoms with Gasteiger partial charge in [0.1, 0.15) is 0 Å². The van der Waals surface area contributed by atoms with Gasteiger partial charge >= 0.3 is 0 Å². The number of rotatable bonds is 10. The predicted molar refractivity (Wildman–Crippen MR) is 93.1 cm³/mol. The number of sulfonamides is 1. The average Bonchev–Trinajstić information content (AvgIpc) is 2.48. The van der Waals surface area contributed by atoms with Crippen LogP contribution in [0, 0.1) is 0 Å². The minimum atomic E-state index is -3.48. The highest BCUT2D eigenvalue weighted by molar-refractivity contribution is 7.89. The number of ether oxygens (including phenoxy) is 1. The summed E-state index contributed by atoms with van der Waals surface area (Å²) in [6, 6.07) is 7.36. The Hall–Kier alpha value is -1.35. The highest BCUT2D eigenvalue weighted by Gasteiger charge is 2.11. The van der Waals surface area contributed by atoms with E-state index in [1.54, 1.807) is 19.1 Å². The van der Waals surface area contributed by atoms with Crippen LogP contribution in [0.5, 0.6) is 0 Å². The molecule has 1 rings (SSSR count). The first-order valence-corrected chi connectivity index (χ1v) is 8.74. The highest BCUT2D eigenvalue weighted by Crippen LogP contribution is 2.05. The van der Waals surface area contributed by atoms with Crippen LogP contribution in [0.1, 0.15) is 12.5 Å². The van der Waals surface area contributed by atoms with Crippen LogP contribution in [0.2, 0.25) is 0 Å². The molecule has 1 aromatic carbocycles. The van der Waals surface area contributed by atoms with Gasteiger partial charge in [0.25, 0.3) is 0 Å². The maximum Gasteiger partial charge on any atom is 0.235 e. The van der Waals surface area contributed by atoms with Gasteiger partial charge in [0, 0.05) is 18.8 Å². The number of hydrogen-bond donors (Lipinski definition) is 3. The van der Waals surface area contributed by atoms with Gasteiger partial charge in [-0.25, -0.2) is 13.1 Å². The van der Waals surface area contributed by atoms with E-state index < -0.39 is 10.0 Å². The molecule has 0 heterocycles. The van der Waals surface area contributed by atoms with Gasteiger partial charge in [-0.3, -0.25) is 4.79 Å². The van der Waals surface area contributed by atoms with Gasteiger partial charge in [-0.05, 0) is 31.0 Å². The summed E-state index contributed by atoms with van der Waals surface area (Å²) >= 11 is 0. The monoisotopic (exact) mass is 365 g/mol. The van der Waals surface area contributed by atoms with Crippen LogP contribution in [0.3, 0.4) is 0 Å². The first-order chi connectivity index (χ1) is 10.4. The molecule has 0 fully saturated rings. The van der Waals surface area contributed by atoms with E-state index in [1.807, 2.05) is 12.1 Å². The van der Waals surface area contributed by atoms with E-state index in [9.17, 15) is 13.2 Å². The van der Waals surface area contributed by atoms with Gasteiger partial charge in [-0.1, -0.05) is 12.1 Å². The van der Waals surface area contributed by atoms with Crippen LogP contribution in [-0.2, 0) is 26.0 Å². The number of hydrogen-bond acceptors (Lipinski definition) is 5. The molecule has 23 heavy (non-hydrogen) atoms. The van der Waals surface area contributed by atoms with Gasteiger partial charge in [0.2, 0.25) is 15.9 Å². The van der Waals surface area contributed by atoms with Gasteiger partial charge in [0.15, 0.2) is 0 Å². The third-order valence-corrected chi connectivity index (χ3v) is 4.16. The normalized spacial score (nSPS) is 10.8. The number of amides is 1. The summed E-state index contributed by atoms with van der Waals surface area (Å²) in [5, 5.41) is 2.66. The number of anilines is 1. The van der Waals surface area contributed by atoms with E-state index in [2.05, 4.69) is 10.0 Å². The molecule has 7 nitrogen and oxygen atoms in total. The second-order valence-corrected chi connectivity index (χ2v) is 6.60. The molecule has 1 amide bonds. The van der Waals surface area contributed by atoms with Crippen molar-refractivity contribution >= 4 is 34.0 Å². The maximum atomic E-state index is 11.6. The van der Waals surface area contributed by atoms with Crippen LogP contribution in [-0.4, -0.2) is 46.4 Å². The lowest BCUT2D eigenvalue weighted by molar-refractivity contribution is -0.119. The number of carbonyl (C=O) groups is 1. The molecule has 0 aliphatic heterocycles. The van der Waals surface area contributed by atoms with Crippen molar-refractivity contribution in [1.29, 1.82) is 0 Å². The van der Waals surface area contributed by atoms with Crippen molar-refractivity contribution in [2.24, 2.45) is 0 Å². The van der Waals surface area contributed by atoms with Crippen molar-refractivity contribution in [3.63, 3.8) is 0 Å². The lowest BCUT2D eigenvalue weighted by atomic mass is 10.1. The summed E-state index contributed by atoms with van der Waals surface area (Å²) in [6.45, 7) is 2.53. The standard InChI is InChI=1S/C14H23N3O4S.ClH/c1-2-21-9-10-22(19,20)17-11-14(18)16-8-7-12-3-5-13(15)6-4-12;/h3-6,17H,2,7-11,15H2,1H3,(H,16,18);1H. The van der Waals surface area contributed by atoms with Crippen molar-refractivity contribution in [3.05, 3.63) is 29.8 Å².